The predicted octanol–water partition coefficient (Wildman–Crippen LogP) is 2.90. The van der Waals surface area contributed by atoms with E-state index in [1.807, 2.05) is 6.08 Å². The summed E-state index contributed by atoms with van der Waals surface area (Å²) in [7, 11) is 1.71. The Morgan fingerprint density at radius 2 is 1.81 bits per heavy atom. The quantitative estimate of drug-likeness (QED) is 0.534. The molecule has 2 fully saturated rings. The lowest BCUT2D eigenvalue weighted by atomic mass is 9.79. The molecule has 0 bridgehead atoms. The van der Waals surface area contributed by atoms with Crippen LogP contribution < -0.4 is 5.32 Å². The molecule has 0 heterocycles. The molecule has 2 aliphatic rings. The number of aliphatic hydroxyl groups excluding tert-OH is 1. The molecule has 6 heteroatoms. The molecule has 3 atom stereocenters. The van der Waals surface area contributed by atoms with Gasteiger partial charge in [-0.1, -0.05) is 6.08 Å². The molecule has 2 saturated carbocycles. The van der Waals surface area contributed by atoms with Gasteiger partial charge in [0.15, 0.2) is 0 Å². The molecular weight excluding hydrogens is 346 g/mol. The third-order valence-corrected chi connectivity index (χ3v) is 6.19. The van der Waals surface area contributed by atoms with E-state index in [0.29, 0.717) is 11.8 Å². The Hall–Kier alpha value is -1.40. The minimum Gasteiger partial charge on any atom is -0.481 e. The lowest BCUT2D eigenvalue weighted by Gasteiger charge is -2.33. The highest BCUT2D eigenvalue weighted by Gasteiger charge is 2.29. The zero-order valence-corrected chi connectivity index (χ0v) is 16.4. The van der Waals surface area contributed by atoms with Gasteiger partial charge in [-0.2, -0.15) is 0 Å². The van der Waals surface area contributed by atoms with Gasteiger partial charge in [-0.25, -0.2) is 0 Å². The first-order chi connectivity index (χ1) is 13.0. The molecule has 0 radical (unpaired) electrons. The van der Waals surface area contributed by atoms with E-state index in [-0.39, 0.29) is 37.0 Å². The van der Waals surface area contributed by atoms with Crippen molar-refractivity contribution in [2.45, 2.75) is 76.4 Å². The minimum absolute atomic E-state index is 0.0506. The lowest BCUT2D eigenvalue weighted by Crippen LogP contribution is -2.37. The van der Waals surface area contributed by atoms with Gasteiger partial charge in [0.1, 0.15) is 0 Å². The molecule has 0 aromatic heterocycles. The van der Waals surface area contributed by atoms with Crippen molar-refractivity contribution in [3.05, 3.63) is 12.2 Å². The second-order valence-corrected chi connectivity index (χ2v) is 8.17. The number of amides is 1. The summed E-state index contributed by atoms with van der Waals surface area (Å²) in [6, 6.07) is 0.215. The fraction of sp³-hybridized carbons (Fsp3) is 0.810. The molecule has 1 amide bonds. The Kier molecular flexibility index (Phi) is 9.28. The molecule has 0 spiro atoms. The molecule has 27 heavy (non-hydrogen) atoms. The number of carbonyl (C=O) groups excluding carboxylic acids is 1. The third-order valence-electron chi connectivity index (χ3n) is 6.19. The number of carboxylic acids is 1. The zero-order valence-electron chi connectivity index (χ0n) is 16.4. The van der Waals surface area contributed by atoms with Crippen molar-refractivity contribution in [3.63, 3.8) is 0 Å². The number of carbonyl (C=O) groups is 2. The van der Waals surface area contributed by atoms with Crippen LogP contribution in [-0.2, 0) is 14.3 Å². The number of carboxylic acid groups (broad SMARTS) is 1. The van der Waals surface area contributed by atoms with Gasteiger partial charge in [0.05, 0.1) is 6.10 Å². The average molecular weight is 382 g/mol. The van der Waals surface area contributed by atoms with Crippen molar-refractivity contribution in [2.75, 3.05) is 13.7 Å². The van der Waals surface area contributed by atoms with Gasteiger partial charge < -0.3 is 20.3 Å². The number of methoxy groups -OCH3 is 1. The number of nitrogens with one attached hydrogen (secondary N) is 1. The molecule has 0 saturated heterocycles. The van der Waals surface area contributed by atoms with Crippen LogP contribution in [0.15, 0.2) is 12.2 Å². The topological polar surface area (TPSA) is 95.9 Å². The minimum atomic E-state index is -0.721. The van der Waals surface area contributed by atoms with Gasteiger partial charge in [0.2, 0.25) is 5.91 Å². The highest BCUT2D eigenvalue weighted by molar-refractivity contribution is 5.87. The van der Waals surface area contributed by atoms with Gasteiger partial charge in [-0.3, -0.25) is 9.59 Å². The molecule has 6 nitrogen and oxygen atoms in total. The Bertz CT molecular complexity index is 499. The fourth-order valence-electron chi connectivity index (χ4n) is 4.53. The van der Waals surface area contributed by atoms with Gasteiger partial charge >= 0.3 is 5.97 Å². The van der Waals surface area contributed by atoms with E-state index in [4.69, 9.17) is 9.84 Å². The Labute approximate surface area is 162 Å². The number of hydrogen-bond donors (Lipinski definition) is 3. The second kappa shape index (κ2) is 11.4. The van der Waals surface area contributed by atoms with E-state index in [1.165, 1.54) is 0 Å². The average Bonchev–Trinajstić information content (AvgIpc) is 2.67. The number of ether oxygens (including phenoxy) is 1. The first-order valence-corrected chi connectivity index (χ1v) is 10.4. The van der Waals surface area contributed by atoms with E-state index in [9.17, 15) is 14.7 Å². The molecule has 0 aromatic carbocycles. The summed E-state index contributed by atoms with van der Waals surface area (Å²) < 4.78 is 5.54. The van der Waals surface area contributed by atoms with Crippen LogP contribution in [0.3, 0.4) is 0 Å². The lowest BCUT2D eigenvalue weighted by molar-refractivity contribution is -0.137. The van der Waals surface area contributed by atoms with Crippen molar-refractivity contribution < 1.29 is 24.5 Å². The molecule has 2 rings (SSSR count). The fourth-order valence-corrected chi connectivity index (χ4v) is 4.53. The van der Waals surface area contributed by atoms with E-state index in [1.54, 1.807) is 13.2 Å². The van der Waals surface area contributed by atoms with Crippen molar-refractivity contribution in [3.8, 4) is 0 Å². The maximum Gasteiger partial charge on any atom is 0.303 e. The Balaban J connectivity index is 1.71. The summed E-state index contributed by atoms with van der Waals surface area (Å²) in [6.07, 6.45) is 12.5. The van der Waals surface area contributed by atoms with Crippen LogP contribution in [0.2, 0.25) is 0 Å². The van der Waals surface area contributed by atoms with Crippen LogP contribution in [0.25, 0.3) is 0 Å². The molecule has 154 valence electrons. The first kappa shape index (κ1) is 21.9. The maximum absolute atomic E-state index is 12.3. The van der Waals surface area contributed by atoms with Gasteiger partial charge in [-0.05, 0) is 75.7 Å². The van der Waals surface area contributed by atoms with Crippen LogP contribution in [0.4, 0.5) is 0 Å². The van der Waals surface area contributed by atoms with Crippen molar-refractivity contribution >= 4 is 11.9 Å². The summed E-state index contributed by atoms with van der Waals surface area (Å²) >= 11 is 0. The van der Waals surface area contributed by atoms with Crippen molar-refractivity contribution in [1.29, 1.82) is 0 Å². The normalized spacial score (nSPS) is 31.7. The number of rotatable bonds is 9. The monoisotopic (exact) mass is 381 g/mol. The SMILES string of the molecule is COC1CCC(CO)CC1/C=C/C(=O)NC1CCC(CCCC(=O)O)CC1. The smallest absolute Gasteiger partial charge is 0.303 e. The van der Waals surface area contributed by atoms with Gasteiger partial charge in [0.25, 0.3) is 0 Å². The summed E-state index contributed by atoms with van der Waals surface area (Å²) in [4.78, 5) is 22.9. The van der Waals surface area contributed by atoms with Crippen molar-refractivity contribution in [1.82, 2.24) is 5.32 Å². The van der Waals surface area contributed by atoms with Crippen LogP contribution in [-0.4, -0.2) is 48.0 Å². The summed E-state index contributed by atoms with van der Waals surface area (Å²) in [5.41, 5.74) is 0. The first-order valence-electron chi connectivity index (χ1n) is 10.4. The van der Waals surface area contributed by atoms with E-state index in [2.05, 4.69) is 5.32 Å². The highest BCUT2D eigenvalue weighted by atomic mass is 16.5. The standard InChI is InChI=1S/C21H35NO5/c1-27-19-11-7-16(14-23)13-17(19)8-12-20(24)22-18-9-5-15(6-10-18)3-2-4-21(25)26/h8,12,15-19,23H,2-7,9-11,13-14H2,1H3,(H,22,24)(H,25,26)/b12-8+. The van der Waals surface area contributed by atoms with Gasteiger partial charge in [-0.15, -0.1) is 0 Å². The van der Waals surface area contributed by atoms with Crippen LogP contribution in [0.1, 0.15) is 64.2 Å². The Morgan fingerprint density at radius 3 is 2.44 bits per heavy atom. The highest BCUT2D eigenvalue weighted by Crippen LogP contribution is 2.32. The molecule has 0 aromatic rings. The number of hydrogen-bond acceptors (Lipinski definition) is 4. The number of aliphatic carboxylic acids is 1. The maximum atomic E-state index is 12.3. The third kappa shape index (κ3) is 7.62. The van der Waals surface area contributed by atoms with Crippen LogP contribution >= 0.6 is 0 Å². The largest absolute Gasteiger partial charge is 0.481 e. The summed E-state index contributed by atoms with van der Waals surface area (Å²) in [6.45, 7) is 0.197. The molecule has 2 aliphatic carbocycles. The molecule has 0 aliphatic heterocycles. The van der Waals surface area contributed by atoms with E-state index in [0.717, 1.165) is 57.8 Å². The van der Waals surface area contributed by atoms with Crippen LogP contribution in [0.5, 0.6) is 0 Å². The van der Waals surface area contributed by atoms with Crippen molar-refractivity contribution in [2.24, 2.45) is 17.8 Å². The number of aliphatic hydroxyl groups is 1. The van der Waals surface area contributed by atoms with E-state index >= 15 is 0 Å². The van der Waals surface area contributed by atoms with E-state index < -0.39 is 5.97 Å². The zero-order chi connectivity index (χ0) is 19.6. The summed E-state index contributed by atoms with van der Waals surface area (Å²) in [5, 5.41) is 21.2. The van der Waals surface area contributed by atoms with Gasteiger partial charge in [0, 0.05) is 32.1 Å². The second-order valence-electron chi connectivity index (χ2n) is 8.17. The molecule has 3 N–H and O–H groups in total. The molecule has 3 unspecified atom stereocenters. The van der Waals surface area contributed by atoms with Crippen LogP contribution in [0, 0.1) is 17.8 Å². The predicted molar refractivity (Wildman–Crippen MR) is 103 cm³/mol. The summed E-state index contributed by atoms with van der Waals surface area (Å²) in [5.74, 6) is 0.294. The molecular formula is C21H35NO5. The Morgan fingerprint density at radius 1 is 1.11 bits per heavy atom.